The Kier molecular flexibility index (Phi) is 16.1. The summed E-state index contributed by atoms with van der Waals surface area (Å²) in [6.45, 7) is 4.85. The smallest absolute Gasteiger partial charge is 0.335 e. The number of aliphatic hydroxyl groups is 4. The molecule has 9 heteroatoms. The zero-order chi connectivity index (χ0) is 24.6. The van der Waals surface area contributed by atoms with Crippen LogP contribution in [0.3, 0.4) is 0 Å². The summed E-state index contributed by atoms with van der Waals surface area (Å²) < 4.78 is 15.6. The molecule has 1 saturated heterocycles. The fourth-order valence-electron chi connectivity index (χ4n) is 3.83. The van der Waals surface area contributed by atoms with Gasteiger partial charge in [-0.3, -0.25) is 0 Å². The minimum atomic E-state index is -1.77. The summed E-state index contributed by atoms with van der Waals surface area (Å²) in [5, 5.41) is 48.2. The molecule has 0 radical (unpaired) electrons. The Bertz CT molecular complexity index is 502. The van der Waals surface area contributed by atoms with E-state index >= 15 is 0 Å². The van der Waals surface area contributed by atoms with Crippen LogP contribution in [-0.4, -0.2) is 88.1 Å². The van der Waals surface area contributed by atoms with E-state index in [1.807, 2.05) is 0 Å². The van der Waals surface area contributed by atoms with E-state index in [4.69, 9.17) is 19.3 Å². The molecule has 0 aromatic rings. The molecule has 1 aliphatic rings. The van der Waals surface area contributed by atoms with Crippen LogP contribution < -0.4 is 0 Å². The molecule has 6 atom stereocenters. The first-order valence-corrected chi connectivity index (χ1v) is 12.5. The summed E-state index contributed by atoms with van der Waals surface area (Å²) in [6.07, 6.45) is 4.42. The molecule has 1 rings (SSSR count). The van der Waals surface area contributed by atoms with Gasteiger partial charge >= 0.3 is 5.97 Å². The monoisotopic (exact) mass is 478 g/mol. The van der Waals surface area contributed by atoms with Crippen LogP contribution in [0.5, 0.6) is 0 Å². The molecule has 5 N–H and O–H groups in total. The molecule has 1 fully saturated rings. The molecular weight excluding hydrogens is 432 g/mol. The lowest BCUT2D eigenvalue weighted by molar-refractivity contribution is -0.298. The maximum Gasteiger partial charge on any atom is 0.335 e. The lowest BCUT2D eigenvalue weighted by Gasteiger charge is -2.38. The second-order valence-corrected chi connectivity index (χ2v) is 9.52. The van der Waals surface area contributed by atoms with Gasteiger partial charge in [0, 0.05) is 6.61 Å². The molecule has 33 heavy (non-hydrogen) atoms. The van der Waals surface area contributed by atoms with Crippen LogP contribution in [0, 0.1) is 5.92 Å². The Labute approximate surface area is 198 Å². The predicted octanol–water partition coefficient (Wildman–Crippen LogP) is 2.22. The van der Waals surface area contributed by atoms with Crippen molar-refractivity contribution in [1.82, 2.24) is 0 Å². The van der Waals surface area contributed by atoms with Gasteiger partial charge in [-0.1, -0.05) is 78.1 Å². The summed E-state index contributed by atoms with van der Waals surface area (Å²) in [4.78, 5) is 11.1. The van der Waals surface area contributed by atoms with Crippen molar-refractivity contribution in [2.24, 2.45) is 5.92 Å². The highest BCUT2D eigenvalue weighted by Crippen LogP contribution is 2.22. The van der Waals surface area contributed by atoms with Gasteiger partial charge in [-0.25, -0.2) is 4.79 Å². The van der Waals surface area contributed by atoms with Gasteiger partial charge in [0.1, 0.15) is 24.4 Å². The van der Waals surface area contributed by atoms with E-state index in [0.29, 0.717) is 6.61 Å². The van der Waals surface area contributed by atoms with E-state index in [0.717, 1.165) is 18.8 Å². The van der Waals surface area contributed by atoms with Crippen molar-refractivity contribution in [3.05, 3.63) is 0 Å². The molecule has 0 aliphatic carbocycles. The number of aliphatic carboxylic acids is 1. The van der Waals surface area contributed by atoms with E-state index in [-0.39, 0.29) is 13.2 Å². The summed E-state index contributed by atoms with van der Waals surface area (Å²) in [7, 11) is 0. The van der Waals surface area contributed by atoms with Gasteiger partial charge in [-0.05, 0) is 12.3 Å². The third-order valence-corrected chi connectivity index (χ3v) is 5.90. The van der Waals surface area contributed by atoms with E-state index in [9.17, 15) is 25.2 Å². The summed E-state index contributed by atoms with van der Waals surface area (Å²) in [5.74, 6) is -0.668. The number of carboxylic acid groups (broad SMARTS) is 1. The fraction of sp³-hybridized carbons (Fsp3) is 0.958. The molecular formula is C24H46O9. The Balaban J connectivity index is 1.98. The van der Waals surface area contributed by atoms with Crippen molar-refractivity contribution >= 4 is 5.97 Å². The number of carboxylic acids is 1. The highest BCUT2D eigenvalue weighted by atomic mass is 16.7. The predicted molar refractivity (Wildman–Crippen MR) is 123 cm³/mol. The van der Waals surface area contributed by atoms with Crippen LogP contribution >= 0.6 is 0 Å². The molecule has 0 amide bonds. The number of hydrogen-bond donors (Lipinski definition) is 5. The van der Waals surface area contributed by atoms with Crippen LogP contribution in [0.2, 0.25) is 0 Å². The number of hydrogen-bond acceptors (Lipinski definition) is 8. The van der Waals surface area contributed by atoms with Crippen LogP contribution in [0.25, 0.3) is 0 Å². The molecule has 9 nitrogen and oxygen atoms in total. The molecule has 0 saturated carbocycles. The molecule has 1 heterocycles. The van der Waals surface area contributed by atoms with Crippen LogP contribution in [0.4, 0.5) is 0 Å². The molecule has 0 aromatic carbocycles. The van der Waals surface area contributed by atoms with E-state index in [1.54, 1.807) is 0 Å². The van der Waals surface area contributed by atoms with Gasteiger partial charge in [0.05, 0.1) is 13.2 Å². The van der Waals surface area contributed by atoms with Crippen LogP contribution in [-0.2, 0) is 19.0 Å². The number of carbonyl (C=O) groups is 1. The van der Waals surface area contributed by atoms with E-state index in [2.05, 4.69) is 13.8 Å². The van der Waals surface area contributed by atoms with Crippen molar-refractivity contribution < 1.29 is 44.5 Å². The summed E-state index contributed by atoms with van der Waals surface area (Å²) >= 11 is 0. The third kappa shape index (κ3) is 13.0. The highest BCUT2D eigenvalue weighted by molar-refractivity contribution is 5.73. The summed E-state index contributed by atoms with van der Waals surface area (Å²) in [6, 6.07) is 0. The number of ether oxygens (including phenoxy) is 3. The lowest BCUT2D eigenvalue weighted by atomic mass is 9.99. The molecule has 196 valence electrons. The van der Waals surface area contributed by atoms with Gasteiger partial charge < -0.3 is 39.7 Å². The van der Waals surface area contributed by atoms with E-state index < -0.39 is 42.8 Å². The first kappa shape index (κ1) is 30.2. The maximum absolute atomic E-state index is 11.1. The minimum Gasteiger partial charge on any atom is -0.479 e. The lowest BCUT2D eigenvalue weighted by Crippen LogP contribution is -2.60. The largest absolute Gasteiger partial charge is 0.479 e. The molecule has 1 aliphatic heterocycles. The van der Waals surface area contributed by atoms with Crippen molar-refractivity contribution in [2.45, 2.75) is 121 Å². The Hall–Kier alpha value is -0.810. The van der Waals surface area contributed by atoms with Gasteiger partial charge in [-0.2, -0.15) is 0 Å². The average molecular weight is 479 g/mol. The van der Waals surface area contributed by atoms with Gasteiger partial charge in [0.25, 0.3) is 0 Å². The van der Waals surface area contributed by atoms with Gasteiger partial charge in [0.15, 0.2) is 12.4 Å². The maximum atomic E-state index is 11.1. The Morgan fingerprint density at radius 2 is 1.36 bits per heavy atom. The zero-order valence-corrected chi connectivity index (χ0v) is 20.3. The van der Waals surface area contributed by atoms with Crippen molar-refractivity contribution in [3.63, 3.8) is 0 Å². The molecule has 0 bridgehead atoms. The van der Waals surface area contributed by atoms with Crippen molar-refractivity contribution in [2.75, 3.05) is 19.8 Å². The molecule has 0 unspecified atom stereocenters. The average Bonchev–Trinajstić information content (AvgIpc) is 2.76. The number of unbranched alkanes of at least 4 members (excludes halogenated alkanes) is 9. The second kappa shape index (κ2) is 17.6. The van der Waals surface area contributed by atoms with Crippen molar-refractivity contribution in [3.8, 4) is 0 Å². The van der Waals surface area contributed by atoms with E-state index in [1.165, 1.54) is 57.8 Å². The normalized spacial score (nSPS) is 26.6. The Morgan fingerprint density at radius 3 is 1.91 bits per heavy atom. The van der Waals surface area contributed by atoms with Crippen LogP contribution in [0.1, 0.15) is 84.5 Å². The number of rotatable bonds is 19. The van der Waals surface area contributed by atoms with Gasteiger partial charge in [-0.15, -0.1) is 0 Å². The number of aliphatic hydroxyl groups excluding tert-OH is 4. The molecule has 0 spiro atoms. The zero-order valence-electron chi connectivity index (χ0n) is 20.3. The fourth-order valence-corrected chi connectivity index (χ4v) is 3.83. The first-order valence-electron chi connectivity index (χ1n) is 12.5. The SMILES string of the molecule is CC(C)CCCCCCCCCCCCOC[C@@H](O)CO[C@H]1O[C@H](C(=O)O)[C@@H](O)[C@H](O)[C@H]1O. The van der Waals surface area contributed by atoms with Crippen LogP contribution in [0.15, 0.2) is 0 Å². The Morgan fingerprint density at radius 1 is 0.818 bits per heavy atom. The highest BCUT2D eigenvalue weighted by Gasteiger charge is 2.47. The second-order valence-electron chi connectivity index (χ2n) is 9.52. The van der Waals surface area contributed by atoms with Crippen molar-refractivity contribution in [1.29, 1.82) is 0 Å². The standard InChI is InChI=1S/C24H46O9/c1-17(2)13-11-9-7-5-3-4-6-8-10-12-14-31-15-18(25)16-32-24-21(28)19(26)20(27)22(33-24)23(29)30/h17-22,24-28H,3-16H2,1-2H3,(H,29,30)/t18-,19+,20+,21-,22+,24+/m1/s1. The molecule has 0 aromatic heterocycles. The summed E-state index contributed by atoms with van der Waals surface area (Å²) in [5.41, 5.74) is 0. The van der Waals surface area contributed by atoms with Gasteiger partial charge in [0.2, 0.25) is 0 Å². The first-order chi connectivity index (χ1) is 15.7. The topological polar surface area (TPSA) is 146 Å². The minimum absolute atomic E-state index is 0.0349. The third-order valence-electron chi connectivity index (χ3n) is 5.90. The quantitative estimate of drug-likeness (QED) is 0.176.